The van der Waals surface area contributed by atoms with Crippen molar-refractivity contribution in [3.63, 3.8) is 0 Å². The van der Waals surface area contributed by atoms with Crippen LogP contribution in [0.15, 0.2) is 48.5 Å². The van der Waals surface area contributed by atoms with Crippen molar-refractivity contribution in [1.82, 2.24) is 10.2 Å². The fourth-order valence-corrected chi connectivity index (χ4v) is 3.66. The Hall–Kier alpha value is -2.58. The second kappa shape index (κ2) is 10.2. The standard InChI is InChI=1S/C23H27F3N2O3/c1-16(18-4-2-17(14-29)3-5-18)27-22(30)21-10-11-23(25,26)15-28(21)12-13-31-20-8-6-19(24)7-9-20/h2-9,16,21,29H,10-15H2,1H3,(H,27,30)/t16-,21+/m0/s1. The third-order valence-electron chi connectivity index (χ3n) is 5.44. The number of hydrogen-bond donors (Lipinski definition) is 2. The molecule has 1 aliphatic heterocycles. The molecule has 0 aromatic heterocycles. The molecular weight excluding hydrogens is 409 g/mol. The van der Waals surface area contributed by atoms with E-state index < -0.39 is 18.5 Å². The normalized spacial score (nSPS) is 19.6. The van der Waals surface area contributed by atoms with E-state index in [4.69, 9.17) is 9.84 Å². The molecule has 1 heterocycles. The lowest BCUT2D eigenvalue weighted by atomic mass is 9.97. The zero-order valence-electron chi connectivity index (χ0n) is 17.4. The second-order valence-corrected chi connectivity index (χ2v) is 7.81. The molecule has 0 aliphatic carbocycles. The summed E-state index contributed by atoms with van der Waals surface area (Å²) in [6.45, 7) is 1.49. The lowest BCUT2D eigenvalue weighted by Gasteiger charge is -2.38. The smallest absolute Gasteiger partial charge is 0.260 e. The van der Waals surface area contributed by atoms with Gasteiger partial charge in [0.05, 0.1) is 25.2 Å². The van der Waals surface area contributed by atoms with Crippen LogP contribution < -0.4 is 10.1 Å². The van der Waals surface area contributed by atoms with Crippen LogP contribution in [-0.4, -0.2) is 47.6 Å². The number of ether oxygens (including phenoxy) is 1. The van der Waals surface area contributed by atoms with Crippen LogP contribution in [0, 0.1) is 5.82 Å². The molecule has 0 radical (unpaired) electrons. The highest BCUT2D eigenvalue weighted by atomic mass is 19.3. The van der Waals surface area contributed by atoms with Crippen molar-refractivity contribution in [1.29, 1.82) is 0 Å². The molecule has 0 unspecified atom stereocenters. The number of likely N-dealkylation sites (tertiary alicyclic amines) is 1. The van der Waals surface area contributed by atoms with Crippen LogP contribution in [0.2, 0.25) is 0 Å². The highest BCUT2D eigenvalue weighted by molar-refractivity contribution is 5.82. The molecule has 8 heteroatoms. The second-order valence-electron chi connectivity index (χ2n) is 7.81. The number of nitrogens with zero attached hydrogens (tertiary/aromatic N) is 1. The largest absolute Gasteiger partial charge is 0.492 e. The number of nitrogens with one attached hydrogen (secondary N) is 1. The first-order valence-corrected chi connectivity index (χ1v) is 10.3. The van der Waals surface area contributed by atoms with Crippen LogP contribution in [-0.2, 0) is 11.4 Å². The van der Waals surface area contributed by atoms with Crippen molar-refractivity contribution in [2.45, 2.75) is 44.4 Å². The average Bonchev–Trinajstić information content (AvgIpc) is 2.74. The molecule has 0 bridgehead atoms. The molecule has 0 spiro atoms. The van der Waals surface area contributed by atoms with Gasteiger partial charge in [-0.3, -0.25) is 9.69 Å². The Morgan fingerprint density at radius 2 is 1.90 bits per heavy atom. The Kier molecular flexibility index (Phi) is 7.56. The zero-order valence-corrected chi connectivity index (χ0v) is 17.4. The molecule has 5 nitrogen and oxygen atoms in total. The maximum atomic E-state index is 14.0. The van der Waals surface area contributed by atoms with E-state index in [1.165, 1.54) is 29.2 Å². The Bertz CT molecular complexity index is 859. The van der Waals surface area contributed by atoms with Gasteiger partial charge in [0.15, 0.2) is 0 Å². The van der Waals surface area contributed by atoms with Gasteiger partial charge in [-0.05, 0) is 48.7 Å². The van der Waals surface area contributed by atoms with Gasteiger partial charge in [-0.15, -0.1) is 0 Å². The van der Waals surface area contributed by atoms with Gasteiger partial charge in [0.25, 0.3) is 5.92 Å². The number of piperidine rings is 1. The molecular formula is C23H27F3N2O3. The summed E-state index contributed by atoms with van der Waals surface area (Å²) >= 11 is 0. The summed E-state index contributed by atoms with van der Waals surface area (Å²) in [6, 6.07) is 11.7. The van der Waals surface area contributed by atoms with Crippen LogP contribution in [0.3, 0.4) is 0 Å². The number of carbonyl (C=O) groups is 1. The monoisotopic (exact) mass is 436 g/mol. The summed E-state index contributed by atoms with van der Waals surface area (Å²) in [5, 5.41) is 12.1. The topological polar surface area (TPSA) is 61.8 Å². The summed E-state index contributed by atoms with van der Waals surface area (Å²) in [5.41, 5.74) is 1.63. The summed E-state index contributed by atoms with van der Waals surface area (Å²) < 4.78 is 46.5. The van der Waals surface area contributed by atoms with Gasteiger partial charge in [-0.2, -0.15) is 0 Å². The van der Waals surface area contributed by atoms with Gasteiger partial charge in [0.1, 0.15) is 18.2 Å². The van der Waals surface area contributed by atoms with Crippen LogP contribution >= 0.6 is 0 Å². The van der Waals surface area contributed by atoms with E-state index in [0.29, 0.717) is 5.75 Å². The SMILES string of the molecule is C[C@H](NC(=O)[C@H]1CCC(F)(F)CN1CCOc1ccc(F)cc1)c1ccc(CO)cc1. The number of carbonyl (C=O) groups excluding carboxylic acids is 1. The molecule has 168 valence electrons. The van der Waals surface area contributed by atoms with Crippen molar-refractivity contribution >= 4 is 5.91 Å². The van der Waals surface area contributed by atoms with E-state index >= 15 is 0 Å². The van der Waals surface area contributed by atoms with E-state index in [1.807, 2.05) is 19.1 Å². The minimum absolute atomic E-state index is 0.0472. The molecule has 2 aromatic rings. The molecule has 1 amide bonds. The van der Waals surface area contributed by atoms with Crippen molar-refractivity contribution < 1.29 is 27.8 Å². The lowest BCUT2D eigenvalue weighted by Crippen LogP contribution is -2.56. The van der Waals surface area contributed by atoms with Crippen molar-refractivity contribution in [3.8, 4) is 5.75 Å². The Labute approximate surface area is 179 Å². The molecule has 1 saturated heterocycles. The van der Waals surface area contributed by atoms with Crippen LogP contribution in [0.1, 0.15) is 36.9 Å². The minimum atomic E-state index is -2.86. The first-order chi connectivity index (χ1) is 14.8. The highest BCUT2D eigenvalue weighted by Gasteiger charge is 2.42. The van der Waals surface area contributed by atoms with E-state index in [0.717, 1.165) is 11.1 Å². The van der Waals surface area contributed by atoms with Crippen LogP contribution in [0.25, 0.3) is 0 Å². The highest BCUT2D eigenvalue weighted by Crippen LogP contribution is 2.30. The predicted octanol–water partition coefficient (Wildman–Crippen LogP) is 3.67. The van der Waals surface area contributed by atoms with E-state index in [2.05, 4.69) is 5.32 Å². The molecule has 2 aromatic carbocycles. The number of hydrogen-bond acceptors (Lipinski definition) is 4. The first kappa shape index (κ1) is 23.1. The van der Waals surface area contributed by atoms with Crippen molar-refractivity contribution in [2.24, 2.45) is 0 Å². The van der Waals surface area contributed by atoms with Gasteiger partial charge in [0.2, 0.25) is 5.91 Å². The summed E-state index contributed by atoms with van der Waals surface area (Å²) in [5.74, 6) is -3.12. The molecule has 1 aliphatic rings. The molecule has 1 fully saturated rings. The Balaban J connectivity index is 1.60. The van der Waals surface area contributed by atoms with E-state index in [-0.39, 0.29) is 50.4 Å². The zero-order chi connectivity index (χ0) is 22.4. The third kappa shape index (κ3) is 6.45. The van der Waals surface area contributed by atoms with Gasteiger partial charge >= 0.3 is 0 Å². The van der Waals surface area contributed by atoms with E-state index in [9.17, 15) is 18.0 Å². The molecule has 3 rings (SSSR count). The summed E-state index contributed by atoms with van der Waals surface area (Å²) in [4.78, 5) is 14.3. The van der Waals surface area contributed by atoms with Gasteiger partial charge in [-0.1, -0.05) is 24.3 Å². The summed E-state index contributed by atoms with van der Waals surface area (Å²) in [7, 11) is 0. The lowest BCUT2D eigenvalue weighted by molar-refractivity contribution is -0.136. The van der Waals surface area contributed by atoms with Crippen LogP contribution in [0.4, 0.5) is 13.2 Å². The quantitative estimate of drug-likeness (QED) is 0.663. The van der Waals surface area contributed by atoms with E-state index in [1.54, 1.807) is 12.1 Å². The van der Waals surface area contributed by atoms with Gasteiger partial charge in [0, 0.05) is 13.0 Å². The number of alkyl halides is 2. The molecule has 0 saturated carbocycles. The maximum Gasteiger partial charge on any atom is 0.260 e. The Morgan fingerprint density at radius 3 is 2.55 bits per heavy atom. The average molecular weight is 436 g/mol. The maximum absolute atomic E-state index is 14.0. The number of rotatable bonds is 8. The predicted molar refractivity (Wildman–Crippen MR) is 110 cm³/mol. The van der Waals surface area contributed by atoms with Crippen LogP contribution in [0.5, 0.6) is 5.75 Å². The fourth-order valence-electron chi connectivity index (χ4n) is 3.66. The minimum Gasteiger partial charge on any atom is -0.492 e. The van der Waals surface area contributed by atoms with Gasteiger partial charge in [-0.25, -0.2) is 13.2 Å². The number of amides is 1. The Morgan fingerprint density at radius 1 is 1.23 bits per heavy atom. The number of halogens is 3. The molecule has 31 heavy (non-hydrogen) atoms. The van der Waals surface area contributed by atoms with Crippen molar-refractivity contribution in [3.05, 3.63) is 65.5 Å². The molecule has 2 N–H and O–H groups in total. The number of aliphatic hydroxyl groups excluding tert-OH is 1. The summed E-state index contributed by atoms with van der Waals surface area (Å²) in [6.07, 6.45) is -0.300. The number of aliphatic hydroxyl groups is 1. The van der Waals surface area contributed by atoms with Gasteiger partial charge < -0.3 is 15.2 Å². The fraction of sp³-hybridized carbons (Fsp3) is 0.435. The van der Waals surface area contributed by atoms with Crippen molar-refractivity contribution in [2.75, 3.05) is 19.7 Å². The number of benzene rings is 2. The third-order valence-corrected chi connectivity index (χ3v) is 5.44. The molecule has 2 atom stereocenters. The first-order valence-electron chi connectivity index (χ1n) is 10.3.